The number of hydrogen-bond acceptors (Lipinski definition) is 3. The highest BCUT2D eigenvalue weighted by molar-refractivity contribution is 9.10. The normalized spacial score (nSPS) is 15.6. The van der Waals surface area contributed by atoms with Crippen LogP contribution in [0.25, 0.3) is 0 Å². The smallest absolute Gasteiger partial charge is 0.241 e. The lowest BCUT2D eigenvalue weighted by Gasteiger charge is -2.20. The second-order valence-electron chi connectivity index (χ2n) is 5.56. The van der Waals surface area contributed by atoms with Gasteiger partial charge in [0.25, 0.3) is 0 Å². The van der Waals surface area contributed by atoms with Gasteiger partial charge in [0.2, 0.25) is 5.91 Å². The zero-order valence-corrected chi connectivity index (χ0v) is 14.2. The summed E-state index contributed by atoms with van der Waals surface area (Å²) >= 11 is 9.49. The molecule has 0 fully saturated rings. The molecule has 1 aliphatic heterocycles. The minimum Gasteiger partial charge on any atom is -0.278 e. The molecule has 0 atom stereocenters. The fraction of sp³-hybridized carbons (Fsp3) is 0.188. The number of anilines is 2. The van der Waals surface area contributed by atoms with Gasteiger partial charge in [0.1, 0.15) is 6.07 Å². The molecule has 1 aliphatic rings. The molecule has 1 aromatic carbocycles. The van der Waals surface area contributed by atoms with Crippen molar-refractivity contribution in [3.8, 4) is 6.07 Å². The molecule has 1 aromatic heterocycles. The van der Waals surface area contributed by atoms with Crippen LogP contribution in [0.5, 0.6) is 0 Å². The minimum absolute atomic E-state index is 0.0526. The van der Waals surface area contributed by atoms with Crippen LogP contribution < -0.4 is 4.90 Å². The lowest BCUT2D eigenvalue weighted by molar-refractivity contribution is -0.121. The van der Waals surface area contributed by atoms with Crippen LogP contribution in [0.1, 0.15) is 25.1 Å². The number of aromatic nitrogens is 1. The number of carbonyl (C=O) groups is 1. The lowest BCUT2D eigenvalue weighted by atomic mass is 9.86. The Kier molecular flexibility index (Phi) is 3.47. The van der Waals surface area contributed by atoms with Crippen molar-refractivity contribution in [2.24, 2.45) is 0 Å². The van der Waals surface area contributed by atoms with Crippen LogP contribution in [0, 0.1) is 11.3 Å². The van der Waals surface area contributed by atoms with Crippen molar-refractivity contribution in [1.82, 2.24) is 4.98 Å². The van der Waals surface area contributed by atoms with E-state index >= 15 is 0 Å². The Morgan fingerprint density at radius 3 is 2.73 bits per heavy atom. The maximum atomic E-state index is 12.8. The topological polar surface area (TPSA) is 57.0 Å². The van der Waals surface area contributed by atoms with Gasteiger partial charge in [-0.25, -0.2) is 4.98 Å². The summed E-state index contributed by atoms with van der Waals surface area (Å²) in [6.07, 6.45) is 1.50. The predicted molar refractivity (Wildman–Crippen MR) is 88.3 cm³/mol. The molecule has 0 bridgehead atoms. The molecule has 0 radical (unpaired) electrons. The van der Waals surface area contributed by atoms with E-state index in [0.717, 1.165) is 15.7 Å². The molecule has 0 N–H and O–H groups in total. The third-order valence-corrected chi connectivity index (χ3v) is 4.58. The van der Waals surface area contributed by atoms with Crippen molar-refractivity contribution in [2.75, 3.05) is 4.90 Å². The first kappa shape index (κ1) is 15.0. The van der Waals surface area contributed by atoms with Crippen LogP contribution in [0.2, 0.25) is 5.02 Å². The van der Waals surface area contributed by atoms with Crippen molar-refractivity contribution in [1.29, 1.82) is 5.26 Å². The summed E-state index contributed by atoms with van der Waals surface area (Å²) in [5.74, 6) is -0.0526. The Morgan fingerprint density at radius 1 is 1.36 bits per heavy atom. The quantitative estimate of drug-likeness (QED) is 0.744. The molecular weight excluding hydrogens is 366 g/mol. The third kappa shape index (κ3) is 2.11. The summed E-state index contributed by atoms with van der Waals surface area (Å²) in [6.45, 7) is 3.78. The van der Waals surface area contributed by atoms with E-state index in [1.54, 1.807) is 11.0 Å². The van der Waals surface area contributed by atoms with Crippen molar-refractivity contribution in [3.05, 3.63) is 51.2 Å². The number of benzene rings is 1. The molecule has 2 heterocycles. The summed E-state index contributed by atoms with van der Waals surface area (Å²) in [5.41, 5.74) is 1.81. The highest BCUT2D eigenvalue weighted by Crippen LogP contribution is 2.46. The number of rotatable bonds is 1. The Labute approximate surface area is 141 Å². The zero-order chi connectivity index (χ0) is 16.1. The van der Waals surface area contributed by atoms with E-state index in [9.17, 15) is 4.79 Å². The van der Waals surface area contributed by atoms with Gasteiger partial charge in [0.05, 0.1) is 28.0 Å². The second kappa shape index (κ2) is 5.08. The largest absolute Gasteiger partial charge is 0.278 e. The highest BCUT2D eigenvalue weighted by atomic mass is 79.9. The molecule has 4 nitrogen and oxygen atoms in total. The third-order valence-electron chi connectivity index (χ3n) is 3.80. The molecule has 3 rings (SSSR count). The summed E-state index contributed by atoms with van der Waals surface area (Å²) < 4.78 is 0.921. The van der Waals surface area contributed by atoms with E-state index in [1.807, 2.05) is 38.1 Å². The summed E-state index contributed by atoms with van der Waals surface area (Å²) in [4.78, 5) is 18.5. The van der Waals surface area contributed by atoms with Gasteiger partial charge in [-0.15, -0.1) is 0 Å². The molecule has 1 amide bonds. The first-order valence-corrected chi connectivity index (χ1v) is 7.73. The Morgan fingerprint density at radius 2 is 2.09 bits per heavy atom. The van der Waals surface area contributed by atoms with Crippen molar-refractivity contribution in [2.45, 2.75) is 19.3 Å². The lowest BCUT2D eigenvalue weighted by Crippen LogP contribution is -2.33. The van der Waals surface area contributed by atoms with E-state index in [4.69, 9.17) is 16.9 Å². The molecule has 22 heavy (non-hydrogen) atoms. The van der Waals surface area contributed by atoms with Crippen molar-refractivity contribution in [3.63, 3.8) is 0 Å². The van der Waals surface area contributed by atoms with Gasteiger partial charge in [-0.1, -0.05) is 27.5 Å². The van der Waals surface area contributed by atoms with Crippen molar-refractivity contribution < 1.29 is 4.79 Å². The molecule has 0 saturated carbocycles. The van der Waals surface area contributed by atoms with Gasteiger partial charge < -0.3 is 0 Å². The molecule has 0 unspecified atom stereocenters. The Hall–Kier alpha value is -1.90. The number of amides is 1. The molecule has 110 valence electrons. The Bertz CT molecular complexity index is 842. The minimum atomic E-state index is -0.639. The van der Waals surface area contributed by atoms with Crippen LogP contribution in [-0.2, 0) is 10.2 Å². The molecular formula is C16H11BrClN3O. The first-order chi connectivity index (χ1) is 10.4. The molecule has 0 spiro atoms. The number of fused-ring (bicyclic) bond motifs is 1. The van der Waals surface area contributed by atoms with Gasteiger partial charge in [-0.05, 0) is 43.7 Å². The van der Waals surface area contributed by atoms with Gasteiger partial charge in [-0.2, -0.15) is 5.26 Å². The van der Waals surface area contributed by atoms with Crippen LogP contribution in [-0.4, -0.2) is 10.9 Å². The van der Waals surface area contributed by atoms with E-state index < -0.39 is 5.41 Å². The standard InChI is InChI=1S/C16H11BrClN3O/c1-16(2)11-5-9(17)3-4-14(11)21(15(16)22)10-6-12(18)13(7-19)20-8-10/h3-6,8H,1-2H3. The second-order valence-corrected chi connectivity index (χ2v) is 6.89. The number of nitrogens with zero attached hydrogens (tertiary/aromatic N) is 3. The average Bonchev–Trinajstić information content (AvgIpc) is 2.67. The van der Waals surface area contributed by atoms with Crippen molar-refractivity contribution >= 4 is 44.8 Å². The number of halogens is 2. The average molecular weight is 377 g/mol. The van der Waals surface area contributed by atoms with E-state index in [0.29, 0.717) is 5.69 Å². The predicted octanol–water partition coefficient (Wildman–Crippen LogP) is 4.33. The molecule has 0 aliphatic carbocycles. The van der Waals surface area contributed by atoms with Crippen LogP contribution in [0.3, 0.4) is 0 Å². The van der Waals surface area contributed by atoms with E-state index in [2.05, 4.69) is 20.9 Å². The Balaban J connectivity index is 2.19. The SMILES string of the molecule is CC1(C)C(=O)N(c2cnc(C#N)c(Cl)c2)c2ccc(Br)cc21. The molecule has 0 saturated heterocycles. The van der Waals surface area contributed by atoms with E-state index in [-0.39, 0.29) is 16.6 Å². The molecule has 6 heteroatoms. The van der Waals surface area contributed by atoms with Gasteiger partial charge in [0, 0.05) is 4.47 Å². The summed E-state index contributed by atoms with van der Waals surface area (Å²) in [7, 11) is 0. The van der Waals surface area contributed by atoms with Crippen LogP contribution in [0.4, 0.5) is 11.4 Å². The fourth-order valence-electron chi connectivity index (χ4n) is 2.60. The summed E-state index contributed by atoms with van der Waals surface area (Å²) in [6, 6.07) is 9.24. The van der Waals surface area contributed by atoms with E-state index in [1.165, 1.54) is 6.20 Å². The fourth-order valence-corrected chi connectivity index (χ4v) is 3.16. The van der Waals surface area contributed by atoms with Gasteiger partial charge >= 0.3 is 0 Å². The first-order valence-electron chi connectivity index (χ1n) is 6.56. The maximum absolute atomic E-state index is 12.8. The number of carbonyl (C=O) groups excluding carboxylic acids is 1. The number of pyridine rings is 1. The van der Waals surface area contributed by atoms with Crippen LogP contribution >= 0.6 is 27.5 Å². The highest BCUT2D eigenvalue weighted by Gasteiger charge is 2.44. The monoisotopic (exact) mass is 375 g/mol. The number of hydrogen-bond donors (Lipinski definition) is 0. The summed E-state index contributed by atoms with van der Waals surface area (Å²) in [5, 5.41) is 9.15. The van der Waals surface area contributed by atoms with Crippen LogP contribution in [0.15, 0.2) is 34.9 Å². The molecule has 2 aromatic rings. The zero-order valence-electron chi connectivity index (χ0n) is 11.9. The van der Waals surface area contributed by atoms with Gasteiger partial charge in [0.15, 0.2) is 5.69 Å². The van der Waals surface area contributed by atoms with Gasteiger partial charge in [-0.3, -0.25) is 9.69 Å². The number of nitriles is 1. The maximum Gasteiger partial charge on any atom is 0.241 e.